The Balaban J connectivity index is 1.92. The van der Waals surface area contributed by atoms with E-state index in [-0.39, 0.29) is 12.3 Å². The molecule has 0 fully saturated rings. The number of cyclic esters (lactones) is 1. The van der Waals surface area contributed by atoms with Crippen LogP contribution in [0.5, 0.6) is 0 Å². The second-order valence-corrected chi connectivity index (χ2v) is 5.19. The van der Waals surface area contributed by atoms with Gasteiger partial charge in [0.2, 0.25) is 0 Å². The molecule has 112 valence electrons. The molecule has 1 spiro atoms. The van der Waals surface area contributed by atoms with E-state index in [2.05, 4.69) is 5.10 Å². The van der Waals surface area contributed by atoms with Crippen LogP contribution >= 0.6 is 0 Å². The number of benzene rings is 1. The average molecular weight is 300 g/mol. The zero-order valence-corrected chi connectivity index (χ0v) is 11.7. The number of nitrogens with zero attached hydrogens (tertiary/aromatic N) is 2. The van der Waals surface area contributed by atoms with Crippen molar-refractivity contribution in [3.05, 3.63) is 42.2 Å². The van der Waals surface area contributed by atoms with Gasteiger partial charge in [-0.25, -0.2) is 14.6 Å². The van der Waals surface area contributed by atoms with Crippen molar-refractivity contribution in [2.75, 3.05) is 18.7 Å². The predicted octanol–water partition coefficient (Wildman–Crippen LogP) is 0.857. The van der Waals surface area contributed by atoms with Gasteiger partial charge in [0.05, 0.1) is 24.6 Å². The minimum Gasteiger partial charge on any atom is -0.489 e. The number of carbonyl (C=O) groups excluding carboxylic acids is 2. The van der Waals surface area contributed by atoms with E-state index >= 15 is 0 Å². The molecule has 0 amide bonds. The van der Waals surface area contributed by atoms with Crippen LogP contribution in [0.3, 0.4) is 0 Å². The maximum atomic E-state index is 12.1. The fourth-order valence-corrected chi connectivity index (χ4v) is 2.98. The summed E-state index contributed by atoms with van der Waals surface area (Å²) in [5.74, 6) is -0.988. The molecule has 3 heterocycles. The molecular formula is C15H12N2O5. The molecule has 3 aliphatic heterocycles. The van der Waals surface area contributed by atoms with Crippen molar-refractivity contribution in [3.8, 4) is 0 Å². The first kappa shape index (κ1) is 12.9. The van der Waals surface area contributed by atoms with Gasteiger partial charge in [0.1, 0.15) is 6.61 Å². The Bertz CT molecular complexity index is 741. The molecule has 0 saturated carbocycles. The quantitative estimate of drug-likeness (QED) is 0.716. The lowest BCUT2D eigenvalue weighted by molar-refractivity contribution is -0.133. The van der Waals surface area contributed by atoms with Crippen LogP contribution < -0.4 is 5.01 Å². The SMILES string of the molecule is COC(=O)C1=NN2c3ccccc3C(=O)OC[C@]23C=CO[C@H]13. The predicted molar refractivity (Wildman–Crippen MR) is 75.4 cm³/mol. The van der Waals surface area contributed by atoms with E-state index in [1.54, 1.807) is 35.4 Å². The van der Waals surface area contributed by atoms with Crippen molar-refractivity contribution < 1.29 is 23.8 Å². The van der Waals surface area contributed by atoms with Gasteiger partial charge in [0, 0.05) is 0 Å². The number of methoxy groups -OCH3 is 1. The number of esters is 2. The van der Waals surface area contributed by atoms with Crippen molar-refractivity contribution in [2.24, 2.45) is 5.10 Å². The lowest BCUT2D eigenvalue weighted by atomic mass is 9.91. The third-order valence-corrected chi connectivity index (χ3v) is 4.06. The van der Waals surface area contributed by atoms with Crippen LogP contribution in [0.15, 0.2) is 41.7 Å². The van der Waals surface area contributed by atoms with E-state index in [4.69, 9.17) is 14.2 Å². The number of hydrogen-bond donors (Lipinski definition) is 0. The summed E-state index contributed by atoms with van der Waals surface area (Å²) >= 11 is 0. The fraction of sp³-hybridized carbons (Fsp3) is 0.267. The molecule has 0 N–H and O–H groups in total. The van der Waals surface area contributed by atoms with Gasteiger partial charge in [0.25, 0.3) is 0 Å². The van der Waals surface area contributed by atoms with Crippen LogP contribution in [-0.4, -0.2) is 43.0 Å². The van der Waals surface area contributed by atoms with Gasteiger partial charge in [0.15, 0.2) is 17.4 Å². The van der Waals surface area contributed by atoms with Crippen molar-refractivity contribution in [1.82, 2.24) is 0 Å². The highest BCUT2D eigenvalue weighted by atomic mass is 16.5. The molecule has 3 aliphatic rings. The van der Waals surface area contributed by atoms with Crippen molar-refractivity contribution >= 4 is 23.3 Å². The minimum atomic E-state index is -0.855. The maximum absolute atomic E-state index is 12.1. The van der Waals surface area contributed by atoms with E-state index in [0.29, 0.717) is 11.3 Å². The first-order valence-corrected chi connectivity index (χ1v) is 6.74. The second-order valence-electron chi connectivity index (χ2n) is 5.19. The molecule has 7 heteroatoms. The number of rotatable bonds is 1. The molecule has 0 unspecified atom stereocenters. The largest absolute Gasteiger partial charge is 0.489 e. The summed E-state index contributed by atoms with van der Waals surface area (Å²) in [7, 11) is 1.29. The standard InChI is InChI=1S/C15H12N2O5/c1-20-14(19)11-12-15(6-7-21-12)8-22-13(18)9-4-2-3-5-10(9)17(15)16-11/h2-7,12H,8H2,1H3/t12-,15+/m1/s1. The third-order valence-electron chi connectivity index (χ3n) is 4.06. The fourth-order valence-electron chi connectivity index (χ4n) is 2.98. The lowest BCUT2D eigenvalue weighted by Gasteiger charge is -2.32. The van der Waals surface area contributed by atoms with Gasteiger partial charge in [-0.15, -0.1) is 0 Å². The summed E-state index contributed by atoms with van der Waals surface area (Å²) in [5, 5.41) is 5.98. The number of hydrogen-bond acceptors (Lipinski definition) is 7. The van der Waals surface area contributed by atoms with Crippen LogP contribution in [0.25, 0.3) is 0 Å². The average Bonchev–Trinajstić information content (AvgIpc) is 3.06. The molecule has 0 saturated heterocycles. The van der Waals surface area contributed by atoms with Gasteiger partial charge in [-0.1, -0.05) is 12.1 Å². The Labute approximate surface area is 125 Å². The number of fused-ring (bicyclic) bond motifs is 2. The van der Waals surface area contributed by atoms with Gasteiger partial charge in [-0.3, -0.25) is 0 Å². The highest BCUT2D eigenvalue weighted by molar-refractivity contribution is 6.40. The highest BCUT2D eigenvalue weighted by Gasteiger charge is 2.59. The Morgan fingerprint density at radius 2 is 2.27 bits per heavy atom. The molecule has 4 rings (SSSR count). The molecule has 0 radical (unpaired) electrons. The number of para-hydroxylation sites is 1. The minimum absolute atomic E-state index is 0.0334. The zero-order chi connectivity index (χ0) is 15.3. The Morgan fingerprint density at radius 1 is 1.45 bits per heavy atom. The normalized spacial score (nSPS) is 27.9. The van der Waals surface area contributed by atoms with Crippen molar-refractivity contribution in [3.63, 3.8) is 0 Å². The van der Waals surface area contributed by atoms with Crippen molar-refractivity contribution in [2.45, 2.75) is 11.6 Å². The lowest BCUT2D eigenvalue weighted by Crippen LogP contribution is -2.53. The molecule has 1 aromatic carbocycles. The number of carbonyl (C=O) groups is 2. The van der Waals surface area contributed by atoms with E-state index in [0.717, 1.165) is 0 Å². The summed E-state index contributed by atoms with van der Waals surface area (Å²) < 4.78 is 15.7. The van der Waals surface area contributed by atoms with Crippen molar-refractivity contribution in [1.29, 1.82) is 0 Å². The molecule has 0 aromatic heterocycles. The monoisotopic (exact) mass is 300 g/mol. The molecule has 1 aromatic rings. The third kappa shape index (κ3) is 1.47. The van der Waals surface area contributed by atoms with E-state index in [1.165, 1.54) is 13.4 Å². The van der Waals surface area contributed by atoms with Gasteiger partial charge < -0.3 is 14.2 Å². The van der Waals surface area contributed by atoms with Crippen LogP contribution in [0, 0.1) is 0 Å². The maximum Gasteiger partial charge on any atom is 0.358 e. The molecule has 22 heavy (non-hydrogen) atoms. The smallest absolute Gasteiger partial charge is 0.358 e. The van der Waals surface area contributed by atoms with Crippen LogP contribution in [0.4, 0.5) is 5.69 Å². The summed E-state index contributed by atoms with van der Waals surface area (Å²) in [4.78, 5) is 24.1. The van der Waals surface area contributed by atoms with Gasteiger partial charge in [-0.05, 0) is 18.2 Å². The topological polar surface area (TPSA) is 77.4 Å². The van der Waals surface area contributed by atoms with Gasteiger partial charge in [-0.2, -0.15) is 5.10 Å². The number of hydrazone groups is 1. The Kier molecular flexibility index (Phi) is 2.53. The number of anilines is 1. The molecule has 0 aliphatic carbocycles. The summed E-state index contributed by atoms with van der Waals surface area (Å²) in [6, 6.07) is 6.97. The summed E-state index contributed by atoms with van der Waals surface area (Å²) in [6.45, 7) is 0.0334. The van der Waals surface area contributed by atoms with Crippen LogP contribution in [-0.2, 0) is 19.0 Å². The second kappa shape index (κ2) is 4.33. The molecule has 0 bridgehead atoms. The van der Waals surface area contributed by atoms with E-state index in [9.17, 15) is 9.59 Å². The van der Waals surface area contributed by atoms with Crippen LogP contribution in [0.1, 0.15) is 10.4 Å². The molecule has 2 atom stereocenters. The van der Waals surface area contributed by atoms with E-state index in [1.807, 2.05) is 0 Å². The molecular weight excluding hydrogens is 288 g/mol. The van der Waals surface area contributed by atoms with Gasteiger partial charge >= 0.3 is 11.9 Å². The summed E-state index contributed by atoms with van der Waals surface area (Å²) in [5.41, 5.74) is 0.267. The Hall–Kier alpha value is -2.83. The first-order chi connectivity index (χ1) is 10.7. The summed E-state index contributed by atoms with van der Waals surface area (Å²) in [6.07, 6.45) is 2.59. The Morgan fingerprint density at radius 3 is 3.09 bits per heavy atom. The number of ether oxygens (including phenoxy) is 3. The van der Waals surface area contributed by atoms with Crippen LogP contribution in [0.2, 0.25) is 0 Å². The molecule has 7 nitrogen and oxygen atoms in total. The first-order valence-electron chi connectivity index (χ1n) is 6.74. The van der Waals surface area contributed by atoms with E-state index < -0.39 is 23.6 Å². The highest BCUT2D eigenvalue weighted by Crippen LogP contribution is 2.43. The zero-order valence-electron chi connectivity index (χ0n) is 11.7.